The highest BCUT2D eigenvalue weighted by molar-refractivity contribution is 6.33. The van der Waals surface area contributed by atoms with E-state index >= 15 is 0 Å². The Hall–Kier alpha value is -2.47. The van der Waals surface area contributed by atoms with Gasteiger partial charge in [0.2, 0.25) is 0 Å². The van der Waals surface area contributed by atoms with Crippen molar-refractivity contribution in [2.45, 2.75) is 18.9 Å². The molecule has 26 heavy (non-hydrogen) atoms. The first-order valence-electron chi connectivity index (χ1n) is 8.25. The van der Waals surface area contributed by atoms with Crippen molar-refractivity contribution < 1.29 is 18.4 Å². The van der Waals surface area contributed by atoms with Crippen LogP contribution in [0.15, 0.2) is 42.5 Å². The van der Waals surface area contributed by atoms with Crippen molar-refractivity contribution in [1.82, 2.24) is 10.2 Å². The van der Waals surface area contributed by atoms with Crippen LogP contribution in [0.5, 0.6) is 0 Å². The van der Waals surface area contributed by atoms with Crippen molar-refractivity contribution in [2.75, 3.05) is 13.1 Å². The molecule has 1 aliphatic heterocycles. The zero-order chi connectivity index (χ0) is 18.7. The molecule has 1 N–H and O–H groups in total. The summed E-state index contributed by atoms with van der Waals surface area (Å²) in [6.45, 7) is 0.774. The number of amides is 2. The predicted octanol–water partition coefficient (Wildman–Crippen LogP) is 3.65. The van der Waals surface area contributed by atoms with Crippen LogP contribution >= 0.6 is 11.6 Å². The molecule has 2 aromatic rings. The van der Waals surface area contributed by atoms with E-state index in [1.54, 1.807) is 0 Å². The number of benzene rings is 2. The molecule has 2 amide bonds. The zero-order valence-corrected chi connectivity index (χ0v) is 14.6. The van der Waals surface area contributed by atoms with Crippen molar-refractivity contribution in [1.29, 1.82) is 0 Å². The van der Waals surface area contributed by atoms with Crippen LogP contribution in [0.4, 0.5) is 8.78 Å². The molecule has 136 valence electrons. The van der Waals surface area contributed by atoms with Crippen LogP contribution in [0.25, 0.3) is 0 Å². The molecule has 0 aliphatic carbocycles. The molecular formula is C19H17ClF2N2O2. The summed E-state index contributed by atoms with van der Waals surface area (Å²) in [5, 5.41) is 2.96. The molecule has 1 heterocycles. The first-order valence-corrected chi connectivity index (χ1v) is 8.63. The van der Waals surface area contributed by atoms with Gasteiger partial charge in [0.25, 0.3) is 11.8 Å². The quantitative estimate of drug-likeness (QED) is 0.886. The number of carbonyl (C=O) groups is 2. The van der Waals surface area contributed by atoms with Crippen LogP contribution in [0.2, 0.25) is 5.02 Å². The van der Waals surface area contributed by atoms with E-state index in [0.29, 0.717) is 31.5 Å². The molecule has 0 atom stereocenters. The highest BCUT2D eigenvalue weighted by Gasteiger charge is 2.27. The Morgan fingerprint density at radius 1 is 1.04 bits per heavy atom. The Morgan fingerprint density at radius 3 is 2.31 bits per heavy atom. The van der Waals surface area contributed by atoms with Crippen molar-refractivity contribution in [3.05, 3.63) is 70.2 Å². The Kier molecular flexibility index (Phi) is 5.52. The van der Waals surface area contributed by atoms with Gasteiger partial charge >= 0.3 is 0 Å². The number of likely N-dealkylation sites (tertiary alicyclic amines) is 1. The summed E-state index contributed by atoms with van der Waals surface area (Å²) in [4.78, 5) is 26.2. The molecule has 1 aliphatic rings. The second kappa shape index (κ2) is 7.83. The molecule has 2 aromatic carbocycles. The number of hydrogen-bond acceptors (Lipinski definition) is 2. The molecule has 0 radical (unpaired) electrons. The summed E-state index contributed by atoms with van der Waals surface area (Å²) in [5.74, 6) is -1.78. The van der Waals surface area contributed by atoms with E-state index in [-0.39, 0.29) is 22.5 Å². The molecule has 0 saturated carbocycles. The number of nitrogens with one attached hydrogen (secondary N) is 1. The van der Waals surface area contributed by atoms with Gasteiger partial charge in [-0.25, -0.2) is 8.78 Å². The van der Waals surface area contributed by atoms with E-state index in [2.05, 4.69) is 5.32 Å². The van der Waals surface area contributed by atoms with Crippen LogP contribution in [0.3, 0.4) is 0 Å². The van der Waals surface area contributed by atoms with E-state index in [1.807, 2.05) is 0 Å². The number of nitrogens with zero attached hydrogens (tertiary/aromatic N) is 1. The summed E-state index contributed by atoms with van der Waals surface area (Å²) in [6, 6.07) is 9.33. The highest BCUT2D eigenvalue weighted by atomic mass is 35.5. The lowest BCUT2D eigenvalue weighted by molar-refractivity contribution is 0.0694. The van der Waals surface area contributed by atoms with E-state index in [1.165, 1.54) is 47.4 Å². The highest BCUT2D eigenvalue weighted by Crippen LogP contribution is 2.23. The SMILES string of the molecule is O=C(NC1CCN(C(=O)c2c(F)cccc2Cl)CC1)c1ccc(F)cc1. The molecule has 4 nitrogen and oxygen atoms in total. The van der Waals surface area contributed by atoms with Gasteiger partial charge in [-0.3, -0.25) is 9.59 Å². The molecule has 1 saturated heterocycles. The minimum absolute atomic E-state index is 0.0849. The van der Waals surface area contributed by atoms with Gasteiger partial charge in [0.05, 0.1) is 10.6 Å². The van der Waals surface area contributed by atoms with E-state index < -0.39 is 17.5 Å². The molecule has 7 heteroatoms. The fraction of sp³-hybridized carbons (Fsp3) is 0.263. The number of carbonyl (C=O) groups excluding carboxylic acids is 2. The summed E-state index contributed by atoms with van der Waals surface area (Å²) < 4.78 is 26.8. The lowest BCUT2D eigenvalue weighted by Gasteiger charge is -2.32. The zero-order valence-electron chi connectivity index (χ0n) is 13.8. The van der Waals surface area contributed by atoms with Crippen LogP contribution in [-0.2, 0) is 0 Å². The third-order valence-corrected chi connectivity index (χ3v) is 4.72. The minimum atomic E-state index is -0.644. The van der Waals surface area contributed by atoms with Crippen molar-refractivity contribution in [3.8, 4) is 0 Å². The fourth-order valence-corrected chi connectivity index (χ4v) is 3.20. The van der Waals surface area contributed by atoms with Crippen LogP contribution in [0.1, 0.15) is 33.6 Å². The number of hydrogen-bond donors (Lipinski definition) is 1. The number of rotatable bonds is 3. The third-order valence-electron chi connectivity index (χ3n) is 4.40. The first-order chi connectivity index (χ1) is 12.5. The molecule has 1 fully saturated rings. The lowest BCUT2D eigenvalue weighted by Crippen LogP contribution is -2.46. The molecule has 0 aromatic heterocycles. The maximum atomic E-state index is 13.9. The third kappa shape index (κ3) is 4.02. The van der Waals surface area contributed by atoms with Gasteiger partial charge in [-0.2, -0.15) is 0 Å². The fourth-order valence-electron chi connectivity index (χ4n) is 2.96. The maximum absolute atomic E-state index is 13.9. The normalized spacial score (nSPS) is 15.0. The Bertz CT molecular complexity index is 799. The van der Waals surface area contributed by atoms with E-state index in [9.17, 15) is 18.4 Å². The van der Waals surface area contributed by atoms with Gasteiger partial charge in [-0.15, -0.1) is 0 Å². The number of piperidine rings is 1. The molecule has 0 bridgehead atoms. The van der Waals surface area contributed by atoms with Crippen LogP contribution in [-0.4, -0.2) is 35.8 Å². The van der Waals surface area contributed by atoms with Crippen molar-refractivity contribution in [3.63, 3.8) is 0 Å². The Morgan fingerprint density at radius 2 is 1.69 bits per heavy atom. The minimum Gasteiger partial charge on any atom is -0.349 e. The van der Waals surface area contributed by atoms with Gasteiger partial charge in [0.15, 0.2) is 0 Å². The molecule has 3 rings (SSSR count). The monoisotopic (exact) mass is 378 g/mol. The maximum Gasteiger partial charge on any atom is 0.258 e. The summed E-state index contributed by atoms with van der Waals surface area (Å²) in [5.41, 5.74) is 0.256. The molecular weight excluding hydrogens is 362 g/mol. The van der Waals surface area contributed by atoms with Gasteiger partial charge in [0, 0.05) is 24.7 Å². The van der Waals surface area contributed by atoms with E-state index in [0.717, 1.165) is 0 Å². The summed E-state index contributed by atoms with van der Waals surface area (Å²) >= 11 is 5.95. The predicted molar refractivity (Wildman–Crippen MR) is 94.2 cm³/mol. The van der Waals surface area contributed by atoms with Crippen molar-refractivity contribution >= 4 is 23.4 Å². The second-order valence-electron chi connectivity index (χ2n) is 6.14. The first kappa shape index (κ1) is 18.3. The largest absolute Gasteiger partial charge is 0.349 e. The smallest absolute Gasteiger partial charge is 0.258 e. The van der Waals surface area contributed by atoms with Gasteiger partial charge in [-0.05, 0) is 49.2 Å². The van der Waals surface area contributed by atoms with Gasteiger partial charge in [0.1, 0.15) is 11.6 Å². The van der Waals surface area contributed by atoms with Gasteiger partial charge < -0.3 is 10.2 Å². The molecule has 0 unspecified atom stereocenters. The average molecular weight is 379 g/mol. The average Bonchev–Trinajstić information content (AvgIpc) is 2.62. The topological polar surface area (TPSA) is 49.4 Å². The standard InChI is InChI=1S/C19H17ClF2N2O2/c20-15-2-1-3-16(22)17(15)19(26)24-10-8-14(9-11-24)23-18(25)12-4-6-13(21)7-5-12/h1-7,14H,8-11H2,(H,23,25). The van der Waals surface area contributed by atoms with Crippen LogP contribution in [0, 0.1) is 11.6 Å². The second-order valence-corrected chi connectivity index (χ2v) is 6.55. The Labute approximate surface area is 154 Å². The number of halogens is 3. The van der Waals surface area contributed by atoms with Crippen molar-refractivity contribution in [2.24, 2.45) is 0 Å². The lowest BCUT2D eigenvalue weighted by atomic mass is 10.0. The van der Waals surface area contributed by atoms with Crippen LogP contribution < -0.4 is 5.32 Å². The van der Waals surface area contributed by atoms with Gasteiger partial charge in [-0.1, -0.05) is 17.7 Å². The molecule has 0 spiro atoms. The van der Waals surface area contributed by atoms with E-state index in [4.69, 9.17) is 11.6 Å². The summed E-state index contributed by atoms with van der Waals surface area (Å²) in [6.07, 6.45) is 1.09. The summed E-state index contributed by atoms with van der Waals surface area (Å²) in [7, 11) is 0. The Balaban J connectivity index is 1.58.